The van der Waals surface area contributed by atoms with Crippen LogP contribution in [0.1, 0.15) is 11.1 Å². The smallest absolute Gasteiger partial charge is 0.0799 e. The van der Waals surface area contributed by atoms with Gasteiger partial charge in [-0.1, -0.05) is 98.0 Å². The van der Waals surface area contributed by atoms with Gasteiger partial charge in [0, 0.05) is 32.5 Å². The van der Waals surface area contributed by atoms with Gasteiger partial charge in [0.15, 0.2) is 0 Å². The van der Waals surface area contributed by atoms with Crippen LogP contribution >= 0.6 is 0 Å². The Morgan fingerprint density at radius 1 is 0.595 bits per heavy atom. The quantitative estimate of drug-likeness (QED) is 0.126. The van der Waals surface area contributed by atoms with Crippen molar-refractivity contribution in [3.63, 3.8) is 0 Å². The van der Waals surface area contributed by atoms with Crippen LogP contribution in [0.3, 0.4) is 0 Å². The van der Waals surface area contributed by atoms with E-state index < -0.39 is 8.07 Å². The standard InChI is InChI=1S/C21H22NSi.C17H12N.Ir/c1-23(2,3)21-16-22-20(18-12-8-5-9-13-18)15-19(21)14-17-10-6-4-7-11-17;1-3-7-14(8-4-1)16-11-12-18-17(13-16)15-9-5-2-6-10-15;/h4-12,15-16H,14H2,1-3H3;1-9,11-13H;/q2*-1;. The number of pyridine rings is 2. The maximum Gasteiger partial charge on any atom is 0.0799 e. The van der Waals surface area contributed by atoms with E-state index in [1.807, 2.05) is 72.9 Å². The maximum atomic E-state index is 4.72. The monoisotopic (exact) mass is 739 g/mol. The van der Waals surface area contributed by atoms with Crippen LogP contribution in [0.4, 0.5) is 0 Å². The zero-order valence-electron chi connectivity index (χ0n) is 24.2. The van der Waals surface area contributed by atoms with Crippen molar-refractivity contribution in [1.82, 2.24) is 9.97 Å². The maximum absolute atomic E-state index is 4.72. The summed E-state index contributed by atoms with van der Waals surface area (Å²) in [6.07, 6.45) is 4.90. The van der Waals surface area contributed by atoms with Gasteiger partial charge in [-0.2, -0.15) is 0 Å². The van der Waals surface area contributed by atoms with Crippen molar-refractivity contribution in [3.05, 3.63) is 163 Å². The van der Waals surface area contributed by atoms with Gasteiger partial charge in [-0.15, -0.1) is 71.8 Å². The van der Waals surface area contributed by atoms with Crippen molar-refractivity contribution in [2.75, 3.05) is 0 Å². The Balaban J connectivity index is 0.000000193. The number of aromatic nitrogens is 2. The van der Waals surface area contributed by atoms with E-state index in [1.165, 1.54) is 27.4 Å². The minimum atomic E-state index is -1.43. The second-order valence-electron chi connectivity index (χ2n) is 11.0. The number of hydrogen-bond donors (Lipinski definition) is 0. The molecule has 0 fully saturated rings. The second-order valence-corrected chi connectivity index (χ2v) is 16.0. The van der Waals surface area contributed by atoms with Gasteiger partial charge in [-0.25, -0.2) is 0 Å². The summed E-state index contributed by atoms with van der Waals surface area (Å²) in [6.45, 7) is 7.15. The molecule has 0 aliphatic rings. The molecular weight excluding hydrogens is 705 g/mol. The van der Waals surface area contributed by atoms with Crippen LogP contribution in [-0.4, -0.2) is 18.0 Å². The molecule has 0 saturated heterocycles. The molecule has 0 aliphatic heterocycles. The van der Waals surface area contributed by atoms with Crippen molar-refractivity contribution in [3.8, 4) is 33.6 Å². The molecule has 2 heterocycles. The predicted molar refractivity (Wildman–Crippen MR) is 175 cm³/mol. The SMILES string of the molecule is C[Si](C)(C)c1cnc(-c2[c-]cccc2)cc1Cc1ccccc1.[Ir].[c-]1ccccc1-c1cc(-c2ccccc2)ccn1. The molecule has 6 rings (SSSR count). The van der Waals surface area contributed by atoms with Gasteiger partial charge in [0.05, 0.1) is 8.07 Å². The Kier molecular flexibility index (Phi) is 10.9. The summed E-state index contributed by atoms with van der Waals surface area (Å²) >= 11 is 0. The molecule has 6 aromatic rings. The van der Waals surface area contributed by atoms with Gasteiger partial charge in [-0.3, -0.25) is 0 Å². The van der Waals surface area contributed by atoms with Crippen LogP contribution in [-0.2, 0) is 26.5 Å². The molecule has 42 heavy (non-hydrogen) atoms. The molecule has 211 valence electrons. The van der Waals surface area contributed by atoms with E-state index in [4.69, 9.17) is 4.98 Å². The van der Waals surface area contributed by atoms with Crippen molar-refractivity contribution >= 4 is 13.3 Å². The van der Waals surface area contributed by atoms with E-state index in [2.05, 4.69) is 104 Å². The summed E-state index contributed by atoms with van der Waals surface area (Å²) in [6, 6.07) is 49.8. The summed E-state index contributed by atoms with van der Waals surface area (Å²) in [5, 5.41) is 1.45. The number of rotatable bonds is 6. The first-order chi connectivity index (χ1) is 20.0. The zero-order valence-corrected chi connectivity index (χ0v) is 27.6. The third-order valence-electron chi connectivity index (χ3n) is 6.87. The Morgan fingerprint density at radius 2 is 1.17 bits per heavy atom. The summed E-state index contributed by atoms with van der Waals surface area (Å²) in [5.41, 5.74) is 9.18. The summed E-state index contributed by atoms with van der Waals surface area (Å²) < 4.78 is 0. The van der Waals surface area contributed by atoms with Gasteiger partial charge in [0.25, 0.3) is 0 Å². The summed E-state index contributed by atoms with van der Waals surface area (Å²) in [7, 11) is -1.43. The van der Waals surface area contributed by atoms with E-state index in [0.717, 1.165) is 28.9 Å². The Hall–Kier alpha value is -3.95. The minimum absolute atomic E-state index is 0. The molecule has 4 aromatic carbocycles. The zero-order chi connectivity index (χ0) is 28.5. The van der Waals surface area contributed by atoms with E-state index in [9.17, 15) is 0 Å². The molecule has 2 nitrogen and oxygen atoms in total. The van der Waals surface area contributed by atoms with Crippen molar-refractivity contribution < 1.29 is 20.1 Å². The van der Waals surface area contributed by atoms with E-state index in [1.54, 1.807) is 0 Å². The molecule has 0 unspecified atom stereocenters. The molecule has 2 aromatic heterocycles. The van der Waals surface area contributed by atoms with Gasteiger partial charge in [-0.05, 0) is 45.8 Å². The van der Waals surface area contributed by atoms with Gasteiger partial charge in [0.2, 0.25) is 0 Å². The average Bonchev–Trinajstić information content (AvgIpc) is 3.03. The molecular formula is C38H34IrN2Si-2. The molecule has 1 radical (unpaired) electrons. The van der Waals surface area contributed by atoms with E-state index in [0.29, 0.717) is 0 Å². The van der Waals surface area contributed by atoms with E-state index >= 15 is 0 Å². The second kappa shape index (κ2) is 14.8. The fourth-order valence-electron chi connectivity index (χ4n) is 4.78. The van der Waals surface area contributed by atoms with Crippen molar-refractivity contribution in [2.24, 2.45) is 0 Å². The number of nitrogens with zero attached hydrogens (tertiary/aromatic N) is 2. The van der Waals surface area contributed by atoms with Crippen molar-refractivity contribution in [2.45, 2.75) is 26.1 Å². The van der Waals surface area contributed by atoms with Crippen molar-refractivity contribution in [1.29, 1.82) is 0 Å². The van der Waals surface area contributed by atoms with Crippen LogP contribution < -0.4 is 5.19 Å². The third kappa shape index (κ3) is 8.30. The molecule has 0 aliphatic carbocycles. The van der Waals surface area contributed by atoms with Crippen LogP contribution in [0.15, 0.2) is 140 Å². The van der Waals surface area contributed by atoms with Crippen LogP contribution in [0.2, 0.25) is 19.6 Å². The molecule has 0 saturated carbocycles. The van der Waals surface area contributed by atoms with Gasteiger partial charge < -0.3 is 9.97 Å². The fourth-order valence-corrected chi connectivity index (χ4v) is 6.35. The average molecular weight is 739 g/mol. The molecule has 0 atom stereocenters. The normalized spacial score (nSPS) is 10.6. The predicted octanol–water partition coefficient (Wildman–Crippen LogP) is 8.90. The summed E-state index contributed by atoms with van der Waals surface area (Å²) in [4.78, 5) is 9.13. The van der Waals surface area contributed by atoms with Crippen LogP contribution in [0.25, 0.3) is 33.6 Å². The van der Waals surface area contributed by atoms with Gasteiger partial charge in [0.1, 0.15) is 0 Å². The summed E-state index contributed by atoms with van der Waals surface area (Å²) in [5.74, 6) is 0. The first kappa shape index (κ1) is 31.0. The minimum Gasteiger partial charge on any atom is -0.305 e. The third-order valence-corrected chi connectivity index (χ3v) is 8.94. The molecule has 0 amide bonds. The molecule has 0 spiro atoms. The van der Waals surface area contributed by atoms with Crippen LogP contribution in [0.5, 0.6) is 0 Å². The number of benzene rings is 4. The number of hydrogen-bond acceptors (Lipinski definition) is 2. The Morgan fingerprint density at radius 3 is 1.74 bits per heavy atom. The molecule has 4 heteroatoms. The van der Waals surface area contributed by atoms with Crippen LogP contribution in [0, 0.1) is 12.1 Å². The topological polar surface area (TPSA) is 25.8 Å². The van der Waals surface area contributed by atoms with Gasteiger partial charge >= 0.3 is 0 Å². The Labute approximate surface area is 264 Å². The largest absolute Gasteiger partial charge is 0.305 e. The first-order valence-corrected chi connectivity index (χ1v) is 17.5. The molecule has 0 N–H and O–H groups in total. The Bertz CT molecular complexity index is 1610. The van der Waals surface area contributed by atoms with E-state index in [-0.39, 0.29) is 20.1 Å². The fraction of sp³-hybridized carbons (Fsp3) is 0.105. The first-order valence-electron chi connectivity index (χ1n) is 14.0. The molecule has 0 bridgehead atoms.